The van der Waals surface area contributed by atoms with E-state index in [0.717, 1.165) is 19.3 Å². The van der Waals surface area contributed by atoms with Gasteiger partial charge in [-0.2, -0.15) is 0 Å². The maximum atomic E-state index is 12.5. The van der Waals surface area contributed by atoms with Crippen LogP contribution in [0.2, 0.25) is 0 Å². The van der Waals surface area contributed by atoms with Crippen LogP contribution in [-0.2, 0) is 27.7 Å². The van der Waals surface area contributed by atoms with Crippen molar-refractivity contribution in [3.8, 4) is 0 Å². The second-order valence-corrected chi connectivity index (χ2v) is 15.2. The highest BCUT2D eigenvalue weighted by atomic mass is 31.2. The summed E-state index contributed by atoms with van der Waals surface area (Å²) in [6.45, 7) is 2.28. The molecule has 45 heavy (non-hydrogen) atoms. The van der Waals surface area contributed by atoms with Gasteiger partial charge < -0.3 is 49.7 Å². The van der Waals surface area contributed by atoms with E-state index in [-0.39, 0.29) is 6.61 Å². The number of phosphoric acid groups is 1. The first kappa shape index (κ1) is 43.0. The number of hydrogen-bond donors (Lipinski definition) is 8. The van der Waals surface area contributed by atoms with Gasteiger partial charge in [0.2, 0.25) is 0 Å². The minimum Gasteiger partial charge on any atom is -0.390 e. The predicted molar refractivity (Wildman–Crippen MR) is 167 cm³/mol. The quantitative estimate of drug-likeness (QED) is 0.0455. The molecule has 0 saturated heterocycles. The minimum atomic E-state index is -5.29. The molecule has 1 aliphatic carbocycles. The van der Waals surface area contributed by atoms with E-state index in [1.54, 1.807) is 0 Å². The van der Waals surface area contributed by atoms with Crippen LogP contribution in [0.5, 0.6) is 0 Å². The molecule has 1 saturated carbocycles. The van der Waals surface area contributed by atoms with Crippen LogP contribution in [0.25, 0.3) is 0 Å². The predicted octanol–water partition coefficient (Wildman–Crippen LogP) is 3.35. The van der Waals surface area contributed by atoms with Crippen LogP contribution in [0.4, 0.5) is 0 Å². The lowest BCUT2D eigenvalue weighted by Gasteiger charge is -2.45. The number of phosphoric ester groups is 1. The summed E-state index contributed by atoms with van der Waals surface area (Å²) in [6.07, 6.45) is 8.53. The molecular formula is C29H60O14P2. The van der Waals surface area contributed by atoms with Gasteiger partial charge in [-0.3, -0.25) is 13.6 Å². The molecule has 0 amide bonds. The third-order valence-electron chi connectivity index (χ3n) is 8.31. The summed E-state index contributed by atoms with van der Waals surface area (Å²) in [4.78, 5) is 28.6. The molecule has 0 radical (unpaired) electrons. The highest BCUT2D eigenvalue weighted by molar-refractivity contribution is 7.52. The first-order chi connectivity index (χ1) is 21.3. The SMILES string of the molecule is CCCCCCCCCCCCCCCCCCOC[C@H](COP(=O)(O)O[C@H]1[C@H](O)[C@@H](O)[C@H](O)[C@@H]([C@@H](O)P(=O)(O)O)[C@H]1O)OC. The molecule has 0 aromatic heterocycles. The minimum absolute atomic E-state index is 0.0470. The lowest BCUT2D eigenvalue weighted by molar-refractivity contribution is -0.211. The maximum absolute atomic E-state index is 12.5. The highest BCUT2D eigenvalue weighted by Crippen LogP contribution is 2.51. The number of ether oxygens (including phenoxy) is 2. The van der Waals surface area contributed by atoms with E-state index in [0.29, 0.717) is 6.61 Å². The van der Waals surface area contributed by atoms with E-state index < -0.39 is 70.4 Å². The van der Waals surface area contributed by atoms with Gasteiger partial charge in [0.25, 0.3) is 0 Å². The van der Waals surface area contributed by atoms with E-state index in [4.69, 9.17) is 18.5 Å². The molecule has 0 spiro atoms. The Morgan fingerprint density at radius 2 is 1.11 bits per heavy atom. The molecule has 8 N–H and O–H groups in total. The van der Waals surface area contributed by atoms with Crippen LogP contribution in [0, 0.1) is 5.92 Å². The summed E-state index contributed by atoms with van der Waals surface area (Å²) in [5.74, 6) is -4.77. The van der Waals surface area contributed by atoms with Gasteiger partial charge in [-0.25, -0.2) is 4.57 Å². The van der Waals surface area contributed by atoms with Gasteiger partial charge in [-0.1, -0.05) is 103 Å². The zero-order chi connectivity index (χ0) is 33.9. The number of hydrogen-bond acceptors (Lipinski definition) is 11. The van der Waals surface area contributed by atoms with Crippen molar-refractivity contribution in [1.82, 2.24) is 0 Å². The average Bonchev–Trinajstić information content (AvgIpc) is 2.98. The van der Waals surface area contributed by atoms with Crippen LogP contribution in [0.1, 0.15) is 110 Å². The van der Waals surface area contributed by atoms with Crippen molar-refractivity contribution in [2.75, 3.05) is 26.9 Å². The van der Waals surface area contributed by atoms with Gasteiger partial charge in [0.05, 0.1) is 31.3 Å². The second kappa shape index (κ2) is 23.4. The fourth-order valence-corrected chi connectivity index (χ4v) is 7.24. The largest absolute Gasteiger partial charge is 0.472 e. The Bertz CT molecular complexity index is 846. The van der Waals surface area contributed by atoms with Gasteiger partial charge in [0, 0.05) is 13.7 Å². The third-order valence-corrected chi connectivity index (χ3v) is 10.3. The number of unbranched alkanes of at least 4 members (excludes halogenated alkanes) is 15. The topological polar surface area (TPSA) is 233 Å². The highest BCUT2D eigenvalue weighted by Gasteiger charge is 2.56. The monoisotopic (exact) mass is 694 g/mol. The second-order valence-electron chi connectivity index (χ2n) is 12.1. The molecule has 1 unspecified atom stereocenters. The maximum Gasteiger partial charge on any atom is 0.472 e. The van der Waals surface area contributed by atoms with Crippen LogP contribution < -0.4 is 0 Å². The number of aliphatic hydroxyl groups excluding tert-OH is 5. The first-order valence-corrected chi connectivity index (χ1v) is 19.7. The fourth-order valence-electron chi connectivity index (χ4n) is 5.46. The Morgan fingerprint density at radius 3 is 1.56 bits per heavy atom. The molecule has 16 heteroatoms. The first-order valence-electron chi connectivity index (χ1n) is 16.5. The molecule has 0 aromatic carbocycles. The van der Waals surface area contributed by atoms with Crippen molar-refractivity contribution in [3.05, 3.63) is 0 Å². The molecule has 14 nitrogen and oxygen atoms in total. The van der Waals surface area contributed by atoms with Crippen molar-refractivity contribution in [2.24, 2.45) is 5.92 Å². The standard InChI is InChI=1S/C29H60O14P2/c1-3-4-5-6-7-8-9-10-11-12-13-14-15-16-17-18-19-41-20-22(40-2)21-42-45(38,39)43-28-25(31)23(29(34)44(35,36)37)24(30)26(32)27(28)33/h22-34H,3-21H2,1-2H3,(H,38,39)(H2,35,36,37)/t22-,23-,24-,25-,26+,27-,28-,29+/m1/s1. The van der Waals surface area contributed by atoms with Crippen LogP contribution in [0.15, 0.2) is 0 Å². The molecule has 1 fully saturated rings. The van der Waals surface area contributed by atoms with Crippen molar-refractivity contribution >= 4 is 15.4 Å². The molecule has 1 aliphatic rings. The van der Waals surface area contributed by atoms with E-state index >= 15 is 0 Å². The Balaban J connectivity index is 2.23. The smallest absolute Gasteiger partial charge is 0.390 e. The van der Waals surface area contributed by atoms with E-state index in [9.17, 15) is 49.3 Å². The molecule has 1 rings (SSSR count). The van der Waals surface area contributed by atoms with E-state index in [1.165, 1.54) is 90.6 Å². The molecule has 0 aromatic rings. The fraction of sp³-hybridized carbons (Fsp3) is 1.00. The van der Waals surface area contributed by atoms with Crippen molar-refractivity contribution in [1.29, 1.82) is 0 Å². The Kier molecular flexibility index (Phi) is 22.3. The molecule has 0 aliphatic heterocycles. The molecule has 270 valence electrons. The van der Waals surface area contributed by atoms with E-state index in [2.05, 4.69) is 6.92 Å². The summed E-state index contributed by atoms with van der Waals surface area (Å²) in [7, 11) is -9.00. The van der Waals surface area contributed by atoms with Gasteiger partial charge >= 0.3 is 15.4 Å². The summed E-state index contributed by atoms with van der Waals surface area (Å²) < 4.78 is 44.5. The van der Waals surface area contributed by atoms with E-state index in [1.807, 2.05) is 0 Å². The summed E-state index contributed by atoms with van der Waals surface area (Å²) >= 11 is 0. The van der Waals surface area contributed by atoms with Crippen LogP contribution >= 0.6 is 15.4 Å². The number of rotatable bonds is 27. The normalized spacial score (nSPS) is 26.9. The lowest BCUT2D eigenvalue weighted by atomic mass is 9.79. The molecule has 0 heterocycles. The van der Waals surface area contributed by atoms with Crippen molar-refractivity contribution in [3.63, 3.8) is 0 Å². The Hall–Kier alpha value is -0.0200. The zero-order valence-electron chi connectivity index (χ0n) is 27.0. The summed E-state index contributed by atoms with van der Waals surface area (Å²) in [5, 5.41) is 50.6. The van der Waals surface area contributed by atoms with Crippen LogP contribution in [0.3, 0.4) is 0 Å². The Labute approximate surface area is 268 Å². The van der Waals surface area contributed by atoms with Gasteiger partial charge in [-0.15, -0.1) is 0 Å². The third kappa shape index (κ3) is 17.3. The average molecular weight is 695 g/mol. The molecule has 9 atom stereocenters. The summed E-state index contributed by atoms with van der Waals surface area (Å²) in [6, 6.07) is 0. The zero-order valence-corrected chi connectivity index (χ0v) is 28.8. The molecule has 0 bridgehead atoms. The van der Waals surface area contributed by atoms with Gasteiger partial charge in [0.15, 0.2) is 5.85 Å². The molecular weight excluding hydrogens is 634 g/mol. The summed E-state index contributed by atoms with van der Waals surface area (Å²) in [5.41, 5.74) is 0. The van der Waals surface area contributed by atoms with Crippen LogP contribution in [-0.4, -0.2) is 110 Å². The van der Waals surface area contributed by atoms with Crippen molar-refractivity contribution in [2.45, 2.75) is 152 Å². The number of methoxy groups -OCH3 is 1. The van der Waals surface area contributed by atoms with Crippen molar-refractivity contribution < 1.29 is 67.9 Å². The number of aliphatic hydroxyl groups is 5. The van der Waals surface area contributed by atoms with Gasteiger partial charge in [0.1, 0.15) is 24.4 Å². The van der Waals surface area contributed by atoms with Gasteiger partial charge in [-0.05, 0) is 6.42 Å². The Morgan fingerprint density at radius 1 is 0.644 bits per heavy atom. The lowest BCUT2D eigenvalue weighted by Crippen LogP contribution is -2.64.